The number of thioether (sulfide) groups is 1. The van der Waals surface area contributed by atoms with Gasteiger partial charge in [0.1, 0.15) is 0 Å². The average molecular weight is 305 g/mol. The smallest absolute Gasteiger partial charge is 0.231 e. The molecule has 0 bridgehead atoms. The lowest BCUT2D eigenvalue weighted by molar-refractivity contribution is -0.109. The Kier molecular flexibility index (Phi) is 5.39. The van der Waals surface area contributed by atoms with Gasteiger partial charge < -0.3 is 0 Å². The van der Waals surface area contributed by atoms with Crippen molar-refractivity contribution in [3.8, 4) is 11.1 Å². The minimum Gasteiger partial charge on any atom is -0.293 e. The molecular weight excluding hydrogens is 292 g/mol. The highest BCUT2D eigenvalue weighted by atomic mass is 35.5. The zero-order valence-electron chi connectivity index (χ0n) is 10.7. The Labute approximate surface area is 127 Å². The van der Waals surface area contributed by atoms with Crippen LogP contribution in [0.1, 0.15) is 10.4 Å². The standard InChI is InChI=1S/C16H13ClO2S/c17-16(19)11-20-10-15(18)14-8-6-13(7-9-14)12-4-2-1-3-5-12/h1-9H,10-11H2. The Hall–Kier alpha value is -1.58. The fourth-order valence-corrected chi connectivity index (χ4v) is 2.63. The van der Waals surface area contributed by atoms with E-state index < -0.39 is 5.24 Å². The fraction of sp³-hybridized carbons (Fsp3) is 0.125. The minimum absolute atomic E-state index is 0.00697. The van der Waals surface area contributed by atoms with E-state index in [0.29, 0.717) is 5.56 Å². The van der Waals surface area contributed by atoms with Crippen molar-refractivity contribution in [1.82, 2.24) is 0 Å². The molecule has 0 aliphatic rings. The van der Waals surface area contributed by atoms with Crippen LogP contribution in [0.15, 0.2) is 54.6 Å². The van der Waals surface area contributed by atoms with Crippen LogP contribution in [-0.4, -0.2) is 22.5 Å². The number of carbonyl (C=O) groups excluding carboxylic acids is 2. The molecule has 2 aromatic rings. The molecule has 2 rings (SSSR count). The number of hydrogen-bond acceptors (Lipinski definition) is 3. The normalized spacial score (nSPS) is 10.2. The number of rotatable bonds is 6. The van der Waals surface area contributed by atoms with Gasteiger partial charge in [-0.3, -0.25) is 9.59 Å². The first-order valence-corrected chi connectivity index (χ1v) is 7.65. The van der Waals surface area contributed by atoms with Gasteiger partial charge >= 0.3 is 0 Å². The lowest BCUT2D eigenvalue weighted by Gasteiger charge is -2.04. The Morgan fingerprint density at radius 1 is 0.850 bits per heavy atom. The predicted molar refractivity (Wildman–Crippen MR) is 84.4 cm³/mol. The molecule has 20 heavy (non-hydrogen) atoms. The van der Waals surface area contributed by atoms with Gasteiger partial charge in [0.25, 0.3) is 0 Å². The molecule has 0 heterocycles. The molecule has 0 atom stereocenters. The van der Waals surface area contributed by atoms with Crippen LogP contribution in [0.4, 0.5) is 0 Å². The number of halogens is 1. The van der Waals surface area contributed by atoms with Crippen LogP contribution >= 0.6 is 23.4 Å². The van der Waals surface area contributed by atoms with Gasteiger partial charge in [-0.1, -0.05) is 54.6 Å². The summed E-state index contributed by atoms with van der Waals surface area (Å²) in [5.41, 5.74) is 2.85. The van der Waals surface area contributed by atoms with Gasteiger partial charge in [-0.2, -0.15) is 0 Å². The highest BCUT2D eigenvalue weighted by Crippen LogP contribution is 2.19. The molecule has 0 N–H and O–H groups in total. The molecule has 0 saturated carbocycles. The van der Waals surface area contributed by atoms with Crippen LogP contribution in [0.3, 0.4) is 0 Å². The number of carbonyl (C=O) groups is 2. The van der Waals surface area contributed by atoms with Crippen molar-refractivity contribution < 1.29 is 9.59 Å². The molecule has 0 fully saturated rings. The van der Waals surface area contributed by atoms with Crippen molar-refractivity contribution in [2.75, 3.05) is 11.5 Å². The third-order valence-electron chi connectivity index (χ3n) is 2.76. The SMILES string of the molecule is O=C(Cl)CSCC(=O)c1ccc(-c2ccccc2)cc1. The molecule has 0 unspecified atom stereocenters. The quantitative estimate of drug-likeness (QED) is 0.597. The van der Waals surface area contributed by atoms with Crippen molar-refractivity contribution in [1.29, 1.82) is 0 Å². The van der Waals surface area contributed by atoms with E-state index in [4.69, 9.17) is 11.6 Å². The summed E-state index contributed by atoms with van der Waals surface area (Å²) in [7, 11) is 0. The zero-order chi connectivity index (χ0) is 14.4. The Morgan fingerprint density at radius 2 is 1.45 bits per heavy atom. The van der Waals surface area contributed by atoms with Crippen molar-refractivity contribution in [2.45, 2.75) is 0 Å². The molecule has 0 aliphatic heterocycles. The van der Waals surface area contributed by atoms with Crippen molar-refractivity contribution in [2.24, 2.45) is 0 Å². The maximum Gasteiger partial charge on any atom is 0.231 e. The molecule has 0 saturated heterocycles. The van der Waals surface area contributed by atoms with Crippen molar-refractivity contribution >= 4 is 34.4 Å². The summed E-state index contributed by atoms with van der Waals surface area (Å²) in [6.07, 6.45) is 0. The van der Waals surface area contributed by atoms with Gasteiger partial charge in [0.15, 0.2) is 5.78 Å². The number of Topliss-reactive ketones (excluding diaryl/α,β-unsaturated/α-hetero) is 1. The third-order valence-corrected chi connectivity index (χ3v) is 3.99. The van der Waals surface area contributed by atoms with Gasteiger partial charge in [-0.25, -0.2) is 0 Å². The summed E-state index contributed by atoms with van der Waals surface area (Å²) in [5.74, 6) is 0.436. The zero-order valence-corrected chi connectivity index (χ0v) is 12.3. The van der Waals surface area contributed by atoms with Crippen LogP contribution in [0.2, 0.25) is 0 Å². The maximum atomic E-state index is 11.9. The number of hydrogen-bond donors (Lipinski definition) is 0. The van der Waals surface area contributed by atoms with Gasteiger partial charge in [0.2, 0.25) is 5.24 Å². The van der Waals surface area contributed by atoms with Gasteiger partial charge in [0, 0.05) is 5.56 Å². The number of benzene rings is 2. The summed E-state index contributed by atoms with van der Waals surface area (Å²) in [5, 5.41) is -0.428. The first-order chi connectivity index (χ1) is 9.66. The number of ketones is 1. The van der Waals surface area contributed by atoms with Crippen LogP contribution in [0, 0.1) is 0 Å². The first kappa shape index (κ1) is 14.8. The van der Waals surface area contributed by atoms with Crippen LogP contribution < -0.4 is 0 Å². The third kappa shape index (κ3) is 4.22. The van der Waals surface area contributed by atoms with Crippen LogP contribution in [-0.2, 0) is 4.79 Å². The summed E-state index contributed by atoms with van der Waals surface area (Å²) in [4.78, 5) is 22.5. The Bertz CT molecular complexity index is 594. The molecule has 4 heteroatoms. The molecule has 0 amide bonds. The summed E-state index contributed by atoms with van der Waals surface area (Å²) < 4.78 is 0. The topological polar surface area (TPSA) is 34.1 Å². The highest BCUT2D eigenvalue weighted by Gasteiger charge is 2.07. The van der Waals surface area contributed by atoms with E-state index in [1.165, 1.54) is 11.8 Å². The monoisotopic (exact) mass is 304 g/mol. The maximum absolute atomic E-state index is 11.9. The largest absolute Gasteiger partial charge is 0.293 e. The van der Waals surface area contributed by atoms with Crippen molar-refractivity contribution in [3.05, 3.63) is 60.2 Å². The molecular formula is C16H13ClO2S. The average Bonchev–Trinajstić information content (AvgIpc) is 2.48. The van der Waals surface area contributed by atoms with E-state index >= 15 is 0 Å². The first-order valence-electron chi connectivity index (χ1n) is 6.11. The van der Waals surface area contributed by atoms with Crippen LogP contribution in [0.5, 0.6) is 0 Å². The molecule has 0 aliphatic carbocycles. The van der Waals surface area contributed by atoms with Gasteiger partial charge in [-0.05, 0) is 22.7 Å². The second kappa shape index (κ2) is 7.27. The van der Waals surface area contributed by atoms with E-state index in [9.17, 15) is 9.59 Å². The highest BCUT2D eigenvalue weighted by molar-refractivity contribution is 8.00. The van der Waals surface area contributed by atoms with Gasteiger partial charge in [0.05, 0.1) is 11.5 Å². The Balaban J connectivity index is 2.01. The summed E-state index contributed by atoms with van der Waals surface area (Å²) in [6.45, 7) is 0. The molecule has 2 nitrogen and oxygen atoms in total. The molecule has 0 aromatic heterocycles. The second-order valence-corrected chi connectivity index (χ2v) is 5.62. The lowest BCUT2D eigenvalue weighted by atomic mass is 10.0. The second-order valence-electron chi connectivity index (χ2n) is 4.21. The predicted octanol–water partition coefficient (Wildman–Crippen LogP) is 4.03. The molecule has 102 valence electrons. The summed E-state index contributed by atoms with van der Waals surface area (Å²) in [6, 6.07) is 17.5. The Morgan fingerprint density at radius 3 is 2.05 bits per heavy atom. The van der Waals surface area contributed by atoms with E-state index in [1.54, 1.807) is 0 Å². The van der Waals surface area contributed by atoms with E-state index in [0.717, 1.165) is 11.1 Å². The van der Waals surface area contributed by atoms with E-state index in [1.807, 2.05) is 54.6 Å². The fourth-order valence-electron chi connectivity index (χ4n) is 1.79. The van der Waals surface area contributed by atoms with Gasteiger partial charge in [-0.15, -0.1) is 11.8 Å². The lowest BCUT2D eigenvalue weighted by Crippen LogP contribution is -2.04. The molecule has 0 spiro atoms. The van der Waals surface area contributed by atoms with E-state index in [2.05, 4.69) is 0 Å². The van der Waals surface area contributed by atoms with E-state index in [-0.39, 0.29) is 17.3 Å². The van der Waals surface area contributed by atoms with Crippen LogP contribution in [0.25, 0.3) is 11.1 Å². The minimum atomic E-state index is -0.428. The summed E-state index contributed by atoms with van der Waals surface area (Å²) >= 11 is 6.46. The van der Waals surface area contributed by atoms with Crippen molar-refractivity contribution in [3.63, 3.8) is 0 Å². The molecule has 2 aromatic carbocycles. The molecule has 0 radical (unpaired) electrons.